The summed E-state index contributed by atoms with van der Waals surface area (Å²) in [6, 6.07) is 45.0. The number of aryl methyl sites for hydroxylation is 2. The van der Waals surface area contributed by atoms with Gasteiger partial charge in [0.25, 0.3) is 17.7 Å². The van der Waals surface area contributed by atoms with Gasteiger partial charge < -0.3 is 41.5 Å². The number of hydrogen-bond acceptors (Lipinski definition) is 23. The molecule has 0 aliphatic rings. The van der Waals surface area contributed by atoms with Crippen LogP contribution in [0.25, 0.3) is 65.4 Å². The zero-order valence-corrected chi connectivity index (χ0v) is 81.6. The van der Waals surface area contributed by atoms with Gasteiger partial charge in [-0.3, -0.25) is 24.0 Å². The van der Waals surface area contributed by atoms with Crippen LogP contribution in [0, 0.1) is 13.8 Å². The van der Waals surface area contributed by atoms with Crippen LogP contribution >= 0.6 is 183 Å². The summed E-state index contributed by atoms with van der Waals surface area (Å²) < 4.78 is 62.9. The molecule has 0 aliphatic heterocycles. The summed E-state index contributed by atoms with van der Waals surface area (Å²) in [7, 11) is -3.63. The molecule has 0 radical (unpaired) electrons. The van der Waals surface area contributed by atoms with Crippen molar-refractivity contribution in [3.8, 4) is 65.4 Å². The summed E-state index contributed by atoms with van der Waals surface area (Å²) in [5.41, 5.74) is 7.13. The van der Waals surface area contributed by atoms with E-state index in [2.05, 4.69) is 16.0 Å². The zero-order valence-electron chi connectivity index (χ0n) is 68.0. The van der Waals surface area contributed by atoms with Crippen LogP contribution in [0.1, 0.15) is 141 Å². The summed E-state index contributed by atoms with van der Waals surface area (Å²) in [6.45, 7) is 6.68. The molecule has 0 fully saturated rings. The van der Waals surface area contributed by atoms with E-state index in [9.17, 15) is 95.1 Å². The molecule has 16 rings (SSSR count). The van der Waals surface area contributed by atoms with Gasteiger partial charge in [-0.1, -0.05) is 125 Å². The highest BCUT2D eigenvalue weighted by atomic mass is 35.5. The summed E-state index contributed by atoms with van der Waals surface area (Å²) in [5.74, 6) is -7.19. The first-order valence-electron chi connectivity index (χ1n) is 38.0. The monoisotopic (exact) mass is 2100 g/mol. The second-order valence-corrected chi connectivity index (χ2v) is 42.7. The number of halogens is 8. The van der Waals surface area contributed by atoms with Gasteiger partial charge in [0.15, 0.2) is 21.4 Å². The molecule has 0 atom stereocenters. The number of thiophene rings is 11. The largest absolute Gasteiger partial charge is 0.478 e. The number of aromatic carboxylic acids is 5. The minimum absolute atomic E-state index is 0.0402. The van der Waals surface area contributed by atoms with E-state index in [1.54, 1.807) is 165 Å². The summed E-state index contributed by atoms with van der Waals surface area (Å²) in [6.07, 6.45) is -4.59. The van der Waals surface area contributed by atoms with Gasteiger partial charge in [0.05, 0.1) is 56.9 Å². The smallest absolute Gasteiger partial charge is 0.416 e. The molecular formula is C92H63Cl5F3N3O17S12. The number of carboxylic acids is 5. The third-order valence-electron chi connectivity index (χ3n) is 19.0. The lowest BCUT2D eigenvalue weighted by Gasteiger charge is -2.08. The molecule has 0 aliphatic carbocycles. The fourth-order valence-electron chi connectivity index (χ4n) is 12.5. The van der Waals surface area contributed by atoms with E-state index in [1.807, 2.05) is 48.0 Å². The summed E-state index contributed by atoms with van der Waals surface area (Å²) in [4.78, 5) is 126. The van der Waals surface area contributed by atoms with Crippen molar-refractivity contribution in [2.75, 3.05) is 16.0 Å². The molecule has 676 valence electrons. The average molecular weight is 2100 g/mol. The lowest BCUT2D eigenvalue weighted by molar-refractivity contribution is -0.137. The van der Waals surface area contributed by atoms with E-state index in [1.165, 1.54) is 116 Å². The molecule has 16 aromatic rings. The van der Waals surface area contributed by atoms with Crippen molar-refractivity contribution in [3.05, 3.63) is 327 Å². The third-order valence-corrected chi connectivity index (χ3v) is 33.6. The molecule has 0 saturated carbocycles. The number of benzene rings is 5. The number of hydrogen-bond donors (Lipinski definition) is 8. The van der Waals surface area contributed by atoms with Crippen LogP contribution in [0.3, 0.4) is 0 Å². The minimum atomic E-state index is -4.47. The van der Waals surface area contributed by atoms with Crippen molar-refractivity contribution < 1.29 is 95.1 Å². The highest BCUT2D eigenvalue weighted by Gasteiger charge is 2.34. The van der Waals surface area contributed by atoms with Crippen LogP contribution in [-0.4, -0.2) is 98.3 Å². The molecule has 11 heterocycles. The van der Waals surface area contributed by atoms with Crippen LogP contribution in [-0.2, 0) is 28.9 Å². The van der Waals surface area contributed by atoms with Crippen molar-refractivity contribution in [2.24, 2.45) is 0 Å². The molecule has 40 heteroatoms. The van der Waals surface area contributed by atoms with Gasteiger partial charge >= 0.3 is 36.0 Å². The Balaban J connectivity index is 0.000000149. The fraction of sp³-hybridized carbons (Fsp3) is 0.0870. The van der Waals surface area contributed by atoms with Crippen LogP contribution in [0.2, 0.25) is 25.1 Å². The Morgan fingerprint density at radius 3 is 1.19 bits per heavy atom. The lowest BCUT2D eigenvalue weighted by atomic mass is 10.0. The van der Waals surface area contributed by atoms with Gasteiger partial charge in [-0.05, 0) is 196 Å². The highest BCUT2D eigenvalue weighted by molar-refractivity contribution is 7.92. The molecule has 0 saturated heterocycles. The first-order chi connectivity index (χ1) is 62.8. The van der Waals surface area contributed by atoms with Crippen LogP contribution < -0.4 is 16.0 Å². The lowest BCUT2D eigenvalue weighted by Crippen LogP contribution is -2.14. The Bertz CT molecular complexity index is 7120. The molecule has 132 heavy (non-hydrogen) atoms. The minimum Gasteiger partial charge on any atom is -0.478 e. The Morgan fingerprint density at radius 2 is 0.803 bits per heavy atom. The number of anilines is 3. The maximum Gasteiger partial charge on any atom is 0.416 e. The van der Waals surface area contributed by atoms with Crippen molar-refractivity contribution in [1.82, 2.24) is 0 Å². The Morgan fingerprint density at radius 1 is 0.386 bits per heavy atom. The summed E-state index contributed by atoms with van der Waals surface area (Å²) in [5, 5.41) is 77.1. The quantitative estimate of drug-likeness (QED) is 0.0246. The number of carbonyl (C=O) groups is 10. The normalized spacial score (nSPS) is 11.1. The van der Waals surface area contributed by atoms with Crippen LogP contribution in [0.5, 0.6) is 0 Å². The SMILES string of the molecule is CC(C)S(=O)(=O)c1csc(C(=O)Cc2scc(-c3ccc(Cl)cc3)c2C(=O)O)c1Cl.Cc1ccsc1C(=O)Nc1scc(-c2ccc(C(F)(F)F)cc2)c1C(=O)O.Cc1ccsc1C(=O)Nc1scc(-c2cccc(Cl)c2)c1C(=O)O.O=C(Cc1scc(-c2ccc(Cl)cc2)c1C(=O)O)c1ccc(-c2cccs2)s1.O=C(Nc1scc(-c2cccc(Cl)c2)c1C(=O)O)c1ccsc1. The van der Waals surface area contributed by atoms with E-state index >= 15 is 0 Å². The van der Waals surface area contributed by atoms with Gasteiger partial charge in [-0.25, -0.2) is 32.4 Å². The van der Waals surface area contributed by atoms with Gasteiger partial charge in [-0.15, -0.1) is 113 Å². The van der Waals surface area contributed by atoms with Crippen molar-refractivity contribution >= 4 is 267 Å². The molecule has 3 amide bonds. The maximum atomic E-state index is 12.8. The maximum absolute atomic E-state index is 12.8. The molecular weight excluding hydrogens is 2040 g/mol. The molecule has 8 N–H and O–H groups in total. The second-order valence-electron chi connectivity index (χ2n) is 28.0. The molecule has 0 bridgehead atoms. The van der Waals surface area contributed by atoms with Gasteiger partial charge in [0, 0.05) is 107 Å². The fourth-order valence-corrected chi connectivity index (χ4v) is 25.2. The third kappa shape index (κ3) is 24.2. The van der Waals surface area contributed by atoms with E-state index in [4.69, 9.17) is 58.0 Å². The predicted molar refractivity (Wildman–Crippen MR) is 530 cm³/mol. The molecule has 0 spiro atoms. The van der Waals surface area contributed by atoms with E-state index < -0.39 is 68.4 Å². The van der Waals surface area contributed by atoms with Crippen molar-refractivity contribution in [2.45, 2.75) is 56.9 Å². The van der Waals surface area contributed by atoms with E-state index in [0.29, 0.717) is 105 Å². The van der Waals surface area contributed by atoms with E-state index in [-0.39, 0.29) is 83.6 Å². The molecule has 5 aromatic carbocycles. The number of alkyl halides is 3. The first-order valence-corrected chi connectivity index (χ1v) is 51.1. The number of amides is 3. The summed E-state index contributed by atoms with van der Waals surface area (Å²) >= 11 is 43.8. The number of carbonyl (C=O) groups excluding carboxylic acids is 5. The number of carboxylic acid groups (broad SMARTS) is 5. The van der Waals surface area contributed by atoms with Gasteiger partial charge in [-0.2, -0.15) is 24.5 Å². The van der Waals surface area contributed by atoms with Crippen LogP contribution in [0.15, 0.2) is 228 Å². The van der Waals surface area contributed by atoms with Gasteiger partial charge in [0.2, 0.25) is 0 Å². The Labute approximate surface area is 819 Å². The number of Topliss-reactive ketones (excluding diaryl/α,β-unsaturated/α-hetero) is 2. The number of sulfone groups is 1. The van der Waals surface area contributed by atoms with Gasteiger partial charge in [0.1, 0.15) is 31.7 Å². The molecule has 11 aromatic heterocycles. The predicted octanol–water partition coefficient (Wildman–Crippen LogP) is 29.3. The van der Waals surface area contributed by atoms with Crippen molar-refractivity contribution in [3.63, 3.8) is 0 Å². The van der Waals surface area contributed by atoms with Crippen molar-refractivity contribution in [1.29, 1.82) is 0 Å². The first kappa shape index (κ1) is 100. The number of ketones is 2. The topological polar surface area (TPSA) is 342 Å². The number of nitrogens with one attached hydrogen (secondary N) is 3. The average Bonchev–Trinajstić information content (AvgIpc) is 1.68. The standard InChI is InChI=1S/C21H13ClO3S3.C20H16Cl2O5S3.C18H12F3NO3S2.C17H12ClNO3S2.C16H10ClNO3S2/c22-13-5-3-12(4-6-13)14-11-27-19(20(14)21(24)25)10-15(23)16-7-8-18(28-16)17-2-1-9-26-17;1-10(2)30(26,27)16-9-29-19(18(16)22)14(23)7-15-17(20(24)25)13(8-28-15)11-3-5-12(21)6-4-11;1-9-6-7-26-14(9)15(23)22-16-13(17(24)25)12(8-27-16)10-2-4-11(5-3-10)18(19,20)21;1-9-5-6-23-14(9)15(20)19-16-13(17(21)22)12(8-24-16)10-3-2-4-11(18)7-10;17-11-3-1-2-9(6-11)12-8-23-15(13(12)16(20)21)18-14(19)10-4-5-22-7-10/h1-9,11H,10H2,(H,24,25);3-6,8-10H,7H2,1-2H3,(H,24,25);2-8H,1H3,(H,22,23)(H,24,25);2-8H,1H3,(H,19,20)(H,21,22);1-8H,(H,18,19)(H,20,21). The molecule has 0 unspecified atom stereocenters. The Hall–Kier alpha value is -10.9. The van der Waals surface area contributed by atoms with E-state index in [0.717, 1.165) is 72.6 Å². The second kappa shape index (κ2) is 44.3. The van der Waals surface area contributed by atoms with Crippen LogP contribution in [0.4, 0.5) is 28.2 Å². The Kier molecular flexibility index (Phi) is 33.6. The zero-order chi connectivity index (χ0) is 95.3. The highest BCUT2D eigenvalue weighted by Crippen LogP contribution is 2.44. The molecule has 20 nitrogen and oxygen atoms in total. The number of rotatable bonds is 25.